The van der Waals surface area contributed by atoms with E-state index in [4.69, 9.17) is 11.6 Å². The van der Waals surface area contributed by atoms with Crippen LogP contribution >= 0.6 is 11.6 Å². The molecule has 0 aliphatic heterocycles. The molecule has 3 aromatic rings. The number of hydrogen-bond acceptors (Lipinski definition) is 4. The fourth-order valence-corrected chi connectivity index (χ4v) is 2.40. The summed E-state index contributed by atoms with van der Waals surface area (Å²) in [4.78, 5) is 9.05. The van der Waals surface area contributed by atoms with Gasteiger partial charge < -0.3 is 10.6 Å². The Kier molecular flexibility index (Phi) is 5.26. The van der Waals surface area contributed by atoms with Gasteiger partial charge in [0.05, 0.1) is 5.02 Å². The number of anilines is 3. The average Bonchev–Trinajstić information content (AvgIpc) is 2.63. The number of benzene rings is 2. The van der Waals surface area contributed by atoms with Crippen LogP contribution in [0.25, 0.3) is 11.4 Å². The molecule has 2 aromatic carbocycles. The van der Waals surface area contributed by atoms with Crippen LogP contribution in [-0.4, -0.2) is 16.5 Å². The number of rotatable bonds is 6. The molecule has 0 aliphatic carbocycles. The third-order valence-corrected chi connectivity index (χ3v) is 3.67. The second-order valence-corrected chi connectivity index (χ2v) is 5.66. The van der Waals surface area contributed by atoms with Gasteiger partial charge in [-0.2, -0.15) is 0 Å². The molecule has 0 amide bonds. The number of nitrogens with one attached hydrogen (secondary N) is 2. The van der Waals surface area contributed by atoms with Crippen LogP contribution in [0.1, 0.15) is 0 Å². The molecule has 126 valence electrons. The van der Waals surface area contributed by atoms with E-state index in [0.717, 1.165) is 5.56 Å². The first kappa shape index (κ1) is 16.9. The lowest BCUT2D eigenvalue weighted by atomic mass is 10.2. The molecule has 25 heavy (non-hydrogen) atoms. The average molecular weight is 355 g/mol. The fourth-order valence-electron chi connectivity index (χ4n) is 2.22. The number of hydrogen-bond donors (Lipinski definition) is 2. The van der Waals surface area contributed by atoms with Crippen molar-refractivity contribution in [3.05, 3.63) is 78.1 Å². The summed E-state index contributed by atoms with van der Waals surface area (Å²) >= 11 is 5.84. The van der Waals surface area contributed by atoms with Gasteiger partial charge in [0.15, 0.2) is 5.82 Å². The largest absolute Gasteiger partial charge is 0.366 e. The second-order valence-electron chi connectivity index (χ2n) is 5.25. The summed E-state index contributed by atoms with van der Waals surface area (Å²) < 4.78 is 13.3. The number of halogens is 2. The Labute approximate surface area is 150 Å². The molecule has 0 radical (unpaired) electrons. The van der Waals surface area contributed by atoms with Crippen LogP contribution in [0.15, 0.2) is 67.3 Å². The van der Waals surface area contributed by atoms with E-state index in [-0.39, 0.29) is 5.02 Å². The van der Waals surface area contributed by atoms with Crippen molar-refractivity contribution in [3.8, 4) is 11.4 Å². The van der Waals surface area contributed by atoms with Crippen LogP contribution in [0, 0.1) is 5.82 Å². The predicted octanol–water partition coefficient (Wildman–Crippen LogP) is 5.28. The van der Waals surface area contributed by atoms with Gasteiger partial charge in [0, 0.05) is 23.9 Å². The Morgan fingerprint density at radius 3 is 2.52 bits per heavy atom. The summed E-state index contributed by atoms with van der Waals surface area (Å²) in [5.74, 6) is 1.34. The summed E-state index contributed by atoms with van der Waals surface area (Å²) in [6.07, 6.45) is 1.75. The monoisotopic (exact) mass is 354 g/mol. The van der Waals surface area contributed by atoms with Crippen molar-refractivity contribution < 1.29 is 4.39 Å². The van der Waals surface area contributed by atoms with Crippen LogP contribution in [0.3, 0.4) is 0 Å². The van der Waals surface area contributed by atoms with E-state index in [0.29, 0.717) is 29.7 Å². The molecule has 0 bridgehead atoms. The molecular weight excluding hydrogens is 339 g/mol. The van der Waals surface area contributed by atoms with Gasteiger partial charge in [-0.05, 0) is 18.2 Å². The third kappa shape index (κ3) is 4.33. The van der Waals surface area contributed by atoms with Crippen LogP contribution in [-0.2, 0) is 0 Å². The normalized spacial score (nSPS) is 10.3. The lowest BCUT2D eigenvalue weighted by Crippen LogP contribution is -2.04. The molecule has 0 fully saturated rings. The van der Waals surface area contributed by atoms with Gasteiger partial charge in [-0.15, -0.1) is 6.58 Å². The van der Waals surface area contributed by atoms with Crippen molar-refractivity contribution in [3.63, 3.8) is 0 Å². The van der Waals surface area contributed by atoms with Crippen molar-refractivity contribution in [2.75, 3.05) is 17.2 Å². The van der Waals surface area contributed by atoms with Gasteiger partial charge in [-0.25, -0.2) is 14.4 Å². The Morgan fingerprint density at radius 2 is 1.80 bits per heavy atom. The minimum Gasteiger partial charge on any atom is -0.366 e. The summed E-state index contributed by atoms with van der Waals surface area (Å²) in [5.41, 5.74) is 1.53. The molecule has 2 N–H and O–H groups in total. The molecule has 4 nitrogen and oxygen atoms in total. The molecule has 0 unspecified atom stereocenters. The molecule has 0 saturated heterocycles. The van der Waals surface area contributed by atoms with E-state index in [1.165, 1.54) is 12.1 Å². The van der Waals surface area contributed by atoms with E-state index in [2.05, 4.69) is 27.2 Å². The zero-order valence-corrected chi connectivity index (χ0v) is 14.1. The molecule has 3 rings (SSSR count). The van der Waals surface area contributed by atoms with E-state index < -0.39 is 5.82 Å². The first-order valence-electron chi connectivity index (χ1n) is 7.67. The van der Waals surface area contributed by atoms with Crippen LogP contribution < -0.4 is 10.6 Å². The zero-order chi connectivity index (χ0) is 17.6. The van der Waals surface area contributed by atoms with Crippen LogP contribution in [0.4, 0.5) is 21.7 Å². The lowest BCUT2D eigenvalue weighted by Gasteiger charge is -2.11. The molecule has 6 heteroatoms. The van der Waals surface area contributed by atoms with Crippen molar-refractivity contribution >= 4 is 28.9 Å². The maximum Gasteiger partial charge on any atom is 0.163 e. The Balaban J connectivity index is 1.96. The van der Waals surface area contributed by atoms with Crippen molar-refractivity contribution in [2.24, 2.45) is 0 Å². The molecule has 0 atom stereocenters. The number of aromatic nitrogens is 2. The van der Waals surface area contributed by atoms with E-state index in [9.17, 15) is 4.39 Å². The lowest BCUT2D eigenvalue weighted by molar-refractivity contribution is 0.628. The molecule has 1 aromatic heterocycles. The highest BCUT2D eigenvalue weighted by atomic mass is 35.5. The zero-order valence-electron chi connectivity index (χ0n) is 13.3. The summed E-state index contributed by atoms with van der Waals surface area (Å²) in [6, 6.07) is 15.8. The Bertz CT molecular complexity index is 884. The molecule has 0 saturated carbocycles. The van der Waals surface area contributed by atoms with Crippen LogP contribution in [0.5, 0.6) is 0 Å². The molecular formula is C19H16ClFN4. The predicted molar refractivity (Wildman–Crippen MR) is 101 cm³/mol. The molecule has 0 aliphatic rings. The van der Waals surface area contributed by atoms with Crippen molar-refractivity contribution in [1.82, 2.24) is 9.97 Å². The van der Waals surface area contributed by atoms with E-state index >= 15 is 0 Å². The highest BCUT2D eigenvalue weighted by molar-refractivity contribution is 6.31. The summed E-state index contributed by atoms with van der Waals surface area (Å²) in [5, 5.41) is 6.34. The SMILES string of the molecule is C=CCNc1cc(Nc2ccc(F)c(Cl)c2)nc(-c2ccccc2)n1. The highest BCUT2D eigenvalue weighted by Gasteiger charge is 2.08. The standard InChI is InChI=1S/C19H16ClFN4/c1-2-10-22-17-12-18(23-14-8-9-16(21)15(20)11-14)25-19(24-17)13-6-4-3-5-7-13/h2-9,11-12H,1,10H2,(H2,22,23,24,25). The summed E-state index contributed by atoms with van der Waals surface area (Å²) in [7, 11) is 0. The minimum atomic E-state index is -0.465. The first-order chi connectivity index (χ1) is 12.2. The molecule has 1 heterocycles. The Hall–Kier alpha value is -2.92. The smallest absolute Gasteiger partial charge is 0.163 e. The van der Waals surface area contributed by atoms with Crippen molar-refractivity contribution in [2.45, 2.75) is 0 Å². The number of nitrogens with zero attached hydrogens (tertiary/aromatic N) is 2. The van der Waals surface area contributed by atoms with Gasteiger partial charge in [-0.3, -0.25) is 0 Å². The highest BCUT2D eigenvalue weighted by Crippen LogP contribution is 2.25. The van der Waals surface area contributed by atoms with Gasteiger partial charge in [0.2, 0.25) is 0 Å². The van der Waals surface area contributed by atoms with Gasteiger partial charge in [0.25, 0.3) is 0 Å². The minimum absolute atomic E-state index is 0.0485. The maximum atomic E-state index is 13.3. The third-order valence-electron chi connectivity index (χ3n) is 3.38. The quantitative estimate of drug-likeness (QED) is 0.591. The van der Waals surface area contributed by atoms with Crippen LogP contribution in [0.2, 0.25) is 5.02 Å². The summed E-state index contributed by atoms with van der Waals surface area (Å²) in [6.45, 7) is 4.27. The first-order valence-corrected chi connectivity index (χ1v) is 8.05. The molecule has 0 spiro atoms. The fraction of sp³-hybridized carbons (Fsp3) is 0.0526. The maximum absolute atomic E-state index is 13.3. The van der Waals surface area contributed by atoms with Gasteiger partial charge in [0.1, 0.15) is 17.5 Å². The van der Waals surface area contributed by atoms with E-state index in [1.807, 2.05) is 30.3 Å². The topological polar surface area (TPSA) is 49.8 Å². The van der Waals surface area contributed by atoms with Gasteiger partial charge >= 0.3 is 0 Å². The Morgan fingerprint density at radius 1 is 1.04 bits per heavy atom. The second kappa shape index (κ2) is 7.77. The van der Waals surface area contributed by atoms with E-state index in [1.54, 1.807) is 18.2 Å². The van der Waals surface area contributed by atoms with Gasteiger partial charge in [-0.1, -0.05) is 48.0 Å². The van der Waals surface area contributed by atoms with Crippen molar-refractivity contribution in [1.29, 1.82) is 0 Å².